The molecule has 0 heterocycles. The Labute approximate surface area is 121 Å². The molecule has 0 saturated carbocycles. The van der Waals surface area contributed by atoms with Gasteiger partial charge in [-0.15, -0.1) is 0 Å². The van der Waals surface area contributed by atoms with Crippen LogP contribution in [0.1, 0.15) is 37.0 Å². The summed E-state index contributed by atoms with van der Waals surface area (Å²) < 4.78 is 13.5. The quantitative estimate of drug-likeness (QED) is 0.841. The van der Waals surface area contributed by atoms with Gasteiger partial charge in [0, 0.05) is 13.2 Å². The summed E-state index contributed by atoms with van der Waals surface area (Å²) in [4.78, 5) is 12.0. The molecule has 2 N–H and O–H groups in total. The highest BCUT2D eigenvalue weighted by Crippen LogP contribution is 2.23. The van der Waals surface area contributed by atoms with Gasteiger partial charge in [0.25, 0.3) is 5.91 Å². The van der Waals surface area contributed by atoms with E-state index >= 15 is 0 Å². The van der Waals surface area contributed by atoms with Gasteiger partial charge in [0.2, 0.25) is 0 Å². The Kier molecular flexibility index (Phi) is 5.94. The van der Waals surface area contributed by atoms with Crippen LogP contribution in [0.5, 0.6) is 0 Å². The maximum absolute atomic E-state index is 13.3. The Balaban J connectivity index is 2.63. The van der Waals surface area contributed by atoms with E-state index in [4.69, 9.17) is 5.11 Å². The van der Waals surface area contributed by atoms with E-state index in [1.54, 1.807) is 6.07 Å². The van der Waals surface area contributed by atoms with Crippen LogP contribution in [-0.4, -0.2) is 24.2 Å². The number of benzene rings is 1. The lowest BCUT2D eigenvalue weighted by Gasteiger charge is -2.24. The maximum Gasteiger partial charge on any atom is 0.252 e. The molecule has 0 saturated heterocycles. The highest BCUT2D eigenvalue weighted by Gasteiger charge is 2.20. The van der Waals surface area contributed by atoms with Gasteiger partial charge in [-0.2, -0.15) is 0 Å². The summed E-state index contributed by atoms with van der Waals surface area (Å²) in [6, 6.07) is 4.38. The number of hydrogen-bond acceptors (Lipinski definition) is 2. The average molecular weight is 332 g/mol. The average Bonchev–Trinajstić information content (AvgIpc) is 2.37. The van der Waals surface area contributed by atoms with E-state index in [0.717, 1.165) is 6.42 Å². The highest BCUT2D eigenvalue weighted by atomic mass is 79.9. The van der Waals surface area contributed by atoms with Crippen molar-refractivity contribution in [3.63, 3.8) is 0 Å². The van der Waals surface area contributed by atoms with Crippen LogP contribution in [0.3, 0.4) is 0 Å². The zero-order chi connectivity index (χ0) is 14.5. The minimum absolute atomic E-state index is 0.0990. The molecule has 1 aromatic carbocycles. The molecule has 1 aromatic rings. The van der Waals surface area contributed by atoms with Crippen molar-refractivity contribution in [3.8, 4) is 0 Å². The van der Waals surface area contributed by atoms with Gasteiger partial charge in [-0.25, -0.2) is 4.39 Å². The molecule has 3 nitrogen and oxygen atoms in total. The van der Waals surface area contributed by atoms with Gasteiger partial charge < -0.3 is 10.4 Å². The Morgan fingerprint density at radius 2 is 2.16 bits per heavy atom. The third-order valence-electron chi connectivity index (χ3n) is 2.94. The molecule has 0 aromatic heterocycles. The first-order valence-corrected chi connectivity index (χ1v) is 7.00. The van der Waals surface area contributed by atoms with E-state index in [0.29, 0.717) is 13.0 Å². The summed E-state index contributed by atoms with van der Waals surface area (Å²) in [7, 11) is 0. The summed E-state index contributed by atoms with van der Waals surface area (Å²) in [6.45, 7) is 4.66. The largest absolute Gasteiger partial charge is 0.396 e. The van der Waals surface area contributed by atoms with Crippen LogP contribution in [0.25, 0.3) is 0 Å². The third kappa shape index (κ3) is 4.91. The van der Waals surface area contributed by atoms with Crippen molar-refractivity contribution in [3.05, 3.63) is 34.1 Å². The van der Waals surface area contributed by atoms with Gasteiger partial charge in [-0.05, 0) is 46.3 Å². The molecule has 0 aliphatic heterocycles. The van der Waals surface area contributed by atoms with Crippen molar-refractivity contribution < 1.29 is 14.3 Å². The molecule has 0 radical (unpaired) electrons. The summed E-state index contributed by atoms with van der Waals surface area (Å²) in [5, 5.41) is 11.6. The number of amides is 1. The molecule has 5 heteroatoms. The Morgan fingerprint density at radius 1 is 1.47 bits per heavy atom. The van der Waals surface area contributed by atoms with Gasteiger partial charge in [0.1, 0.15) is 5.82 Å². The summed E-state index contributed by atoms with van der Waals surface area (Å²) in [6.07, 6.45) is 1.51. The second-order valence-corrected chi connectivity index (χ2v) is 6.07. The van der Waals surface area contributed by atoms with Crippen molar-refractivity contribution in [2.45, 2.75) is 26.7 Å². The van der Waals surface area contributed by atoms with E-state index in [2.05, 4.69) is 21.2 Å². The molecule has 0 spiro atoms. The Bertz CT molecular complexity index is 449. The molecule has 0 fully saturated rings. The first kappa shape index (κ1) is 16.1. The lowest BCUT2D eigenvalue weighted by Crippen LogP contribution is -2.34. The van der Waals surface area contributed by atoms with E-state index in [9.17, 15) is 9.18 Å². The van der Waals surface area contributed by atoms with Crippen LogP contribution in [0.2, 0.25) is 0 Å². The predicted molar refractivity (Wildman–Crippen MR) is 76.5 cm³/mol. The van der Waals surface area contributed by atoms with Crippen molar-refractivity contribution in [2.24, 2.45) is 5.41 Å². The lowest BCUT2D eigenvalue weighted by atomic mass is 9.88. The smallest absolute Gasteiger partial charge is 0.252 e. The fraction of sp³-hybridized carbons (Fsp3) is 0.500. The van der Waals surface area contributed by atoms with E-state index < -0.39 is 5.82 Å². The number of aliphatic hydroxyl groups excluding tert-OH is 1. The highest BCUT2D eigenvalue weighted by molar-refractivity contribution is 9.10. The molecule has 0 aliphatic carbocycles. The van der Waals surface area contributed by atoms with Crippen LogP contribution in [0.15, 0.2) is 22.7 Å². The zero-order valence-corrected chi connectivity index (χ0v) is 12.8. The number of carbonyl (C=O) groups excluding carboxylic acids is 1. The van der Waals surface area contributed by atoms with E-state index in [1.807, 2.05) is 13.8 Å². The van der Waals surface area contributed by atoms with Crippen molar-refractivity contribution in [1.82, 2.24) is 5.32 Å². The number of rotatable bonds is 6. The molecule has 0 unspecified atom stereocenters. The molecular formula is C14H19BrFNO2. The van der Waals surface area contributed by atoms with Crippen molar-refractivity contribution >= 4 is 21.8 Å². The van der Waals surface area contributed by atoms with Crippen molar-refractivity contribution in [2.75, 3.05) is 13.2 Å². The van der Waals surface area contributed by atoms with Crippen LogP contribution >= 0.6 is 15.9 Å². The summed E-state index contributed by atoms with van der Waals surface area (Å²) >= 11 is 3.07. The number of hydrogen-bond donors (Lipinski definition) is 2. The molecule has 0 atom stereocenters. The predicted octanol–water partition coefficient (Wildman–Crippen LogP) is 3.12. The van der Waals surface area contributed by atoms with Crippen molar-refractivity contribution in [1.29, 1.82) is 0 Å². The fourth-order valence-corrected chi connectivity index (χ4v) is 2.18. The van der Waals surface area contributed by atoms with Crippen LogP contribution in [-0.2, 0) is 0 Å². The van der Waals surface area contributed by atoms with E-state index in [1.165, 1.54) is 12.1 Å². The summed E-state index contributed by atoms with van der Waals surface area (Å²) in [5.41, 5.74) is 0.191. The standard InChI is InChI=1S/C14H19BrFNO2/c1-14(2,7-4-8-18)9-17-13(19)10-5-3-6-11(16)12(10)15/h3,5-6,18H,4,7-9H2,1-2H3,(H,17,19). The van der Waals surface area contributed by atoms with Gasteiger partial charge >= 0.3 is 0 Å². The number of nitrogens with one attached hydrogen (secondary N) is 1. The minimum Gasteiger partial charge on any atom is -0.396 e. The number of carbonyl (C=O) groups is 1. The van der Waals surface area contributed by atoms with Crippen LogP contribution in [0.4, 0.5) is 4.39 Å². The topological polar surface area (TPSA) is 49.3 Å². The maximum atomic E-state index is 13.3. The second kappa shape index (κ2) is 7.01. The molecule has 0 bridgehead atoms. The molecule has 19 heavy (non-hydrogen) atoms. The molecule has 0 aliphatic rings. The Hall–Kier alpha value is -0.940. The second-order valence-electron chi connectivity index (χ2n) is 5.28. The van der Waals surface area contributed by atoms with Crippen LogP contribution < -0.4 is 5.32 Å². The van der Waals surface area contributed by atoms with E-state index in [-0.39, 0.29) is 28.0 Å². The molecule has 1 rings (SSSR count). The number of aliphatic hydroxyl groups is 1. The van der Waals surface area contributed by atoms with Gasteiger partial charge in [-0.1, -0.05) is 19.9 Å². The van der Waals surface area contributed by atoms with Crippen LogP contribution in [0, 0.1) is 11.2 Å². The monoisotopic (exact) mass is 331 g/mol. The molecule has 106 valence electrons. The van der Waals surface area contributed by atoms with Gasteiger partial charge in [0.15, 0.2) is 0 Å². The Morgan fingerprint density at radius 3 is 2.79 bits per heavy atom. The normalized spacial score (nSPS) is 11.4. The zero-order valence-electron chi connectivity index (χ0n) is 11.2. The first-order chi connectivity index (χ1) is 8.87. The molecular weight excluding hydrogens is 313 g/mol. The SMILES string of the molecule is CC(C)(CCCO)CNC(=O)c1cccc(F)c1Br. The van der Waals surface area contributed by atoms with Gasteiger partial charge in [-0.3, -0.25) is 4.79 Å². The summed E-state index contributed by atoms with van der Waals surface area (Å²) in [5.74, 6) is -0.754. The van der Waals surface area contributed by atoms with Gasteiger partial charge in [0.05, 0.1) is 10.0 Å². The number of halogens is 2. The lowest BCUT2D eigenvalue weighted by molar-refractivity contribution is 0.0931. The fourth-order valence-electron chi connectivity index (χ4n) is 1.74. The minimum atomic E-state index is -0.452. The first-order valence-electron chi connectivity index (χ1n) is 6.20. The molecule has 1 amide bonds. The third-order valence-corrected chi connectivity index (χ3v) is 3.74.